The van der Waals surface area contributed by atoms with Crippen molar-refractivity contribution in [3.05, 3.63) is 76.9 Å². The van der Waals surface area contributed by atoms with Gasteiger partial charge in [0.1, 0.15) is 0 Å². The molecule has 1 aliphatic rings. The summed E-state index contributed by atoms with van der Waals surface area (Å²) in [5.41, 5.74) is 4.43. The Kier molecular flexibility index (Phi) is 4.36. The zero-order valence-corrected chi connectivity index (χ0v) is 17.0. The van der Waals surface area contributed by atoms with Crippen LogP contribution >= 0.6 is 7.14 Å². The second kappa shape index (κ2) is 6.58. The molecule has 0 fully saturated rings. The van der Waals surface area contributed by atoms with Crippen LogP contribution in [0.1, 0.15) is 22.3 Å². The van der Waals surface area contributed by atoms with Crippen LogP contribution in [-0.4, -0.2) is 6.79 Å². The van der Waals surface area contributed by atoms with Crippen molar-refractivity contribution in [2.45, 2.75) is 27.7 Å². The summed E-state index contributed by atoms with van der Waals surface area (Å²) in [7, 11) is -3.05. The van der Waals surface area contributed by atoms with Crippen LogP contribution < -0.4 is 25.4 Å². The Morgan fingerprint density at radius 3 is 1.63 bits per heavy atom. The van der Waals surface area contributed by atoms with Gasteiger partial charge >= 0.3 is 0 Å². The molecule has 0 bridgehead atoms. The third kappa shape index (κ3) is 3.17. The lowest BCUT2D eigenvalue weighted by molar-refractivity contribution is 0.174. The average Bonchev–Trinajstić information content (AvgIpc) is 3.07. The third-order valence-corrected chi connectivity index (χ3v) is 7.84. The van der Waals surface area contributed by atoms with Crippen molar-refractivity contribution in [3.63, 3.8) is 0 Å². The van der Waals surface area contributed by atoms with Gasteiger partial charge in [0, 0.05) is 15.9 Å². The summed E-state index contributed by atoms with van der Waals surface area (Å²) in [4.78, 5) is 0. The van der Waals surface area contributed by atoms with Crippen molar-refractivity contribution in [2.24, 2.45) is 0 Å². The predicted molar refractivity (Wildman–Crippen MR) is 111 cm³/mol. The van der Waals surface area contributed by atoms with Crippen LogP contribution in [-0.2, 0) is 4.57 Å². The Bertz CT molecular complexity index is 989. The molecule has 0 amide bonds. The number of hydrogen-bond acceptors (Lipinski definition) is 3. The van der Waals surface area contributed by atoms with Crippen molar-refractivity contribution < 1.29 is 14.0 Å². The van der Waals surface area contributed by atoms with Crippen LogP contribution in [0.2, 0.25) is 0 Å². The summed E-state index contributed by atoms with van der Waals surface area (Å²) in [5.74, 6) is 1.35. The molecule has 0 spiro atoms. The van der Waals surface area contributed by atoms with Gasteiger partial charge in [-0.15, -0.1) is 0 Å². The minimum atomic E-state index is -3.05. The van der Waals surface area contributed by atoms with E-state index in [1.165, 1.54) is 0 Å². The monoisotopic (exact) mass is 378 g/mol. The second-order valence-electron chi connectivity index (χ2n) is 7.34. The van der Waals surface area contributed by atoms with Gasteiger partial charge in [-0.2, -0.15) is 0 Å². The molecule has 0 unspecified atom stereocenters. The van der Waals surface area contributed by atoms with Gasteiger partial charge in [-0.3, -0.25) is 0 Å². The lowest BCUT2D eigenvalue weighted by Crippen LogP contribution is -2.26. The van der Waals surface area contributed by atoms with Gasteiger partial charge in [0.05, 0.1) is 0 Å². The molecule has 4 rings (SSSR count). The number of fused-ring (bicyclic) bond motifs is 1. The first-order valence-electron chi connectivity index (χ1n) is 9.04. The standard InChI is InChI=1S/C23H23O3P/c1-15-7-16(2)10-20(9-15)27(24,21-11-17(3)8-18(4)12-21)19-5-6-22-23(13-19)26-14-25-22/h5-13H,14H2,1-4H3. The molecular formula is C23H23O3P. The first-order chi connectivity index (χ1) is 12.9. The van der Waals surface area contributed by atoms with Gasteiger partial charge in [0.25, 0.3) is 0 Å². The van der Waals surface area contributed by atoms with Gasteiger partial charge in [0.2, 0.25) is 6.79 Å². The highest BCUT2D eigenvalue weighted by Crippen LogP contribution is 2.45. The molecule has 27 heavy (non-hydrogen) atoms. The summed E-state index contributed by atoms with van der Waals surface area (Å²) in [5, 5.41) is 2.47. The second-order valence-corrected chi connectivity index (χ2v) is 10.1. The first-order valence-corrected chi connectivity index (χ1v) is 10.7. The number of hydrogen-bond donors (Lipinski definition) is 0. The van der Waals surface area contributed by atoms with E-state index in [2.05, 4.69) is 12.1 Å². The fourth-order valence-corrected chi connectivity index (χ4v) is 6.81. The molecular weight excluding hydrogens is 355 g/mol. The molecule has 1 heterocycles. The van der Waals surface area contributed by atoms with Crippen molar-refractivity contribution in [3.8, 4) is 11.5 Å². The molecule has 0 saturated carbocycles. The van der Waals surface area contributed by atoms with Crippen LogP contribution in [0.15, 0.2) is 54.6 Å². The lowest BCUT2D eigenvalue weighted by Gasteiger charge is -2.22. The normalized spacial score (nSPS) is 13.0. The molecule has 3 nitrogen and oxygen atoms in total. The Balaban J connectivity index is 2.01. The smallest absolute Gasteiger partial charge is 0.231 e. The average molecular weight is 378 g/mol. The van der Waals surface area contributed by atoms with Crippen LogP contribution in [0.5, 0.6) is 11.5 Å². The molecule has 0 aromatic heterocycles. The van der Waals surface area contributed by atoms with Gasteiger partial charge in [-0.1, -0.05) is 34.4 Å². The maximum Gasteiger partial charge on any atom is 0.231 e. The summed E-state index contributed by atoms with van der Waals surface area (Å²) < 4.78 is 25.7. The van der Waals surface area contributed by atoms with Gasteiger partial charge < -0.3 is 14.0 Å². The molecule has 0 N–H and O–H groups in total. The maximum atomic E-state index is 14.7. The molecule has 0 atom stereocenters. The van der Waals surface area contributed by atoms with Gasteiger partial charge in [-0.25, -0.2) is 0 Å². The maximum absolute atomic E-state index is 14.7. The molecule has 3 aromatic carbocycles. The van der Waals surface area contributed by atoms with Gasteiger partial charge in [0.15, 0.2) is 18.6 Å². The van der Waals surface area contributed by atoms with Crippen molar-refractivity contribution in [1.29, 1.82) is 0 Å². The van der Waals surface area contributed by atoms with Gasteiger partial charge in [-0.05, 0) is 70.2 Å². The minimum Gasteiger partial charge on any atom is -0.454 e. The number of ether oxygens (including phenoxy) is 2. The largest absolute Gasteiger partial charge is 0.454 e. The predicted octanol–water partition coefficient (Wildman–Crippen LogP) is 4.29. The SMILES string of the molecule is Cc1cc(C)cc(P(=O)(c2cc(C)cc(C)c2)c2ccc3c(c2)OCO3)c1. The number of benzene rings is 3. The van der Waals surface area contributed by atoms with E-state index in [1.807, 2.05) is 70.2 Å². The van der Waals surface area contributed by atoms with E-state index in [0.29, 0.717) is 11.5 Å². The molecule has 4 heteroatoms. The molecule has 138 valence electrons. The summed E-state index contributed by atoms with van der Waals surface area (Å²) >= 11 is 0. The Morgan fingerprint density at radius 2 is 1.11 bits per heavy atom. The van der Waals surface area contributed by atoms with E-state index in [0.717, 1.165) is 38.2 Å². The van der Waals surface area contributed by atoms with Crippen LogP contribution in [0.4, 0.5) is 0 Å². The molecule has 3 aromatic rings. The van der Waals surface area contributed by atoms with Crippen molar-refractivity contribution in [2.75, 3.05) is 6.79 Å². The number of rotatable bonds is 3. The highest BCUT2D eigenvalue weighted by atomic mass is 31.2. The summed E-state index contributed by atoms with van der Waals surface area (Å²) in [6, 6.07) is 18.0. The lowest BCUT2D eigenvalue weighted by atomic mass is 10.2. The fourth-order valence-electron chi connectivity index (χ4n) is 3.79. The first kappa shape index (κ1) is 17.9. The van der Waals surface area contributed by atoms with E-state index < -0.39 is 7.14 Å². The third-order valence-electron chi connectivity index (χ3n) is 4.86. The van der Waals surface area contributed by atoms with Crippen LogP contribution in [0.3, 0.4) is 0 Å². The quantitative estimate of drug-likeness (QED) is 0.638. The summed E-state index contributed by atoms with van der Waals surface area (Å²) in [6.45, 7) is 8.38. The van der Waals surface area contributed by atoms with Crippen molar-refractivity contribution in [1.82, 2.24) is 0 Å². The van der Waals surface area contributed by atoms with E-state index in [9.17, 15) is 4.57 Å². The van der Waals surface area contributed by atoms with E-state index >= 15 is 0 Å². The Morgan fingerprint density at radius 1 is 0.630 bits per heavy atom. The summed E-state index contributed by atoms with van der Waals surface area (Å²) in [6.07, 6.45) is 0. The molecule has 0 radical (unpaired) electrons. The fraction of sp³-hybridized carbons (Fsp3) is 0.217. The highest BCUT2D eigenvalue weighted by Gasteiger charge is 2.32. The topological polar surface area (TPSA) is 35.5 Å². The van der Waals surface area contributed by atoms with E-state index in [-0.39, 0.29) is 6.79 Å². The number of aryl methyl sites for hydroxylation is 4. The Labute approximate surface area is 160 Å². The van der Waals surface area contributed by atoms with E-state index in [1.54, 1.807) is 0 Å². The molecule has 0 aliphatic carbocycles. The van der Waals surface area contributed by atoms with Crippen molar-refractivity contribution >= 4 is 23.1 Å². The molecule has 0 saturated heterocycles. The molecule has 1 aliphatic heterocycles. The van der Waals surface area contributed by atoms with Crippen LogP contribution in [0.25, 0.3) is 0 Å². The minimum absolute atomic E-state index is 0.205. The Hall–Kier alpha value is -2.51. The van der Waals surface area contributed by atoms with Crippen LogP contribution in [0, 0.1) is 27.7 Å². The zero-order valence-electron chi connectivity index (χ0n) is 16.1. The highest BCUT2D eigenvalue weighted by molar-refractivity contribution is 7.85. The zero-order chi connectivity index (χ0) is 19.2. The van der Waals surface area contributed by atoms with E-state index in [4.69, 9.17) is 9.47 Å².